The van der Waals surface area contributed by atoms with E-state index in [1.165, 1.54) is 6.07 Å². The van der Waals surface area contributed by atoms with Crippen molar-refractivity contribution in [3.63, 3.8) is 0 Å². The molecule has 0 spiro atoms. The molecule has 0 unspecified atom stereocenters. The van der Waals surface area contributed by atoms with Gasteiger partial charge in [-0.2, -0.15) is 8.42 Å². The summed E-state index contributed by atoms with van der Waals surface area (Å²) in [6.45, 7) is 3.60. The predicted molar refractivity (Wildman–Crippen MR) is 68.6 cm³/mol. The highest BCUT2D eigenvalue weighted by molar-refractivity contribution is 9.10. The minimum absolute atomic E-state index is 0.00909. The van der Waals surface area contributed by atoms with Gasteiger partial charge in [-0.15, -0.1) is 4.40 Å². The van der Waals surface area contributed by atoms with Gasteiger partial charge >= 0.3 is 6.02 Å². The van der Waals surface area contributed by atoms with E-state index in [1.807, 2.05) is 0 Å². The molecule has 0 radical (unpaired) electrons. The molecule has 2 rings (SSSR count). The highest BCUT2D eigenvalue weighted by Gasteiger charge is 2.26. The molecule has 17 heavy (non-hydrogen) atoms. The summed E-state index contributed by atoms with van der Waals surface area (Å²) >= 11 is 3.23. The summed E-state index contributed by atoms with van der Waals surface area (Å²) in [5, 5.41) is 2.84. The van der Waals surface area contributed by atoms with Gasteiger partial charge in [-0.1, -0.05) is 15.9 Å². The van der Waals surface area contributed by atoms with Crippen molar-refractivity contribution in [2.45, 2.75) is 24.8 Å². The second kappa shape index (κ2) is 4.30. The van der Waals surface area contributed by atoms with Crippen molar-refractivity contribution in [2.75, 3.05) is 5.32 Å². The maximum absolute atomic E-state index is 11.9. The number of amidine groups is 1. The van der Waals surface area contributed by atoms with Crippen LogP contribution in [0.2, 0.25) is 0 Å². The molecule has 0 aromatic heterocycles. The number of anilines is 1. The Morgan fingerprint density at radius 1 is 1.41 bits per heavy atom. The lowest BCUT2D eigenvalue weighted by atomic mass is 10.3. The zero-order chi connectivity index (χ0) is 12.6. The normalized spacial score (nSPS) is 17.1. The number of ether oxygens (including phenoxy) is 1. The molecule has 0 fully saturated rings. The molecule has 5 nitrogen and oxygen atoms in total. The summed E-state index contributed by atoms with van der Waals surface area (Å²) in [6, 6.07) is 4.93. The fraction of sp³-hybridized carbons (Fsp3) is 0.300. The van der Waals surface area contributed by atoms with Crippen LogP contribution in [0.1, 0.15) is 13.8 Å². The zero-order valence-electron chi connectivity index (χ0n) is 9.27. The lowest BCUT2D eigenvalue weighted by Crippen LogP contribution is -2.26. The van der Waals surface area contributed by atoms with Crippen LogP contribution < -0.4 is 5.32 Å². The van der Waals surface area contributed by atoms with Crippen molar-refractivity contribution < 1.29 is 13.2 Å². The van der Waals surface area contributed by atoms with Gasteiger partial charge in [0.05, 0.1) is 11.8 Å². The Morgan fingerprint density at radius 2 is 2.12 bits per heavy atom. The maximum atomic E-state index is 11.9. The molecule has 1 aliphatic heterocycles. The Morgan fingerprint density at radius 3 is 2.76 bits per heavy atom. The van der Waals surface area contributed by atoms with Crippen LogP contribution in [0.5, 0.6) is 0 Å². The molecule has 0 atom stereocenters. The van der Waals surface area contributed by atoms with Crippen LogP contribution in [-0.2, 0) is 14.8 Å². The Hall–Kier alpha value is -1.08. The van der Waals surface area contributed by atoms with Gasteiger partial charge in [-0.25, -0.2) is 0 Å². The van der Waals surface area contributed by atoms with Crippen molar-refractivity contribution in [3.05, 3.63) is 22.7 Å². The van der Waals surface area contributed by atoms with E-state index in [1.54, 1.807) is 26.0 Å². The summed E-state index contributed by atoms with van der Waals surface area (Å²) in [5.41, 5.74) is 0.471. The molecular weight excluding hydrogens is 308 g/mol. The molecule has 0 saturated carbocycles. The summed E-state index contributed by atoms with van der Waals surface area (Å²) in [5.74, 6) is 0. The van der Waals surface area contributed by atoms with Crippen LogP contribution in [0, 0.1) is 0 Å². The Bertz CT molecular complexity index is 581. The maximum Gasteiger partial charge on any atom is 0.305 e. The monoisotopic (exact) mass is 318 g/mol. The fourth-order valence-corrected chi connectivity index (χ4v) is 2.97. The Kier molecular flexibility index (Phi) is 3.13. The second-order valence-electron chi connectivity index (χ2n) is 3.80. The van der Waals surface area contributed by atoms with E-state index >= 15 is 0 Å². The standard InChI is InChI=1S/C10H11BrN2O3S/c1-6(2)16-10-12-8-4-3-7(11)5-9(8)17(14,15)13-10/h3-6H,1-2H3,(H,12,13). The van der Waals surface area contributed by atoms with Crippen LogP contribution in [0.3, 0.4) is 0 Å². The number of halogens is 1. The van der Waals surface area contributed by atoms with Gasteiger partial charge in [-0.3, -0.25) is 0 Å². The number of nitrogens with one attached hydrogen (secondary N) is 1. The number of hydrogen-bond donors (Lipinski definition) is 1. The molecule has 1 aliphatic rings. The molecule has 7 heteroatoms. The van der Waals surface area contributed by atoms with E-state index in [4.69, 9.17) is 4.74 Å². The zero-order valence-corrected chi connectivity index (χ0v) is 11.7. The van der Waals surface area contributed by atoms with Gasteiger partial charge < -0.3 is 10.1 Å². The average molecular weight is 319 g/mol. The van der Waals surface area contributed by atoms with Gasteiger partial charge in [0.15, 0.2) is 0 Å². The molecule has 1 N–H and O–H groups in total. The largest absolute Gasteiger partial charge is 0.462 e. The van der Waals surface area contributed by atoms with Crippen LogP contribution in [0.15, 0.2) is 32.0 Å². The van der Waals surface area contributed by atoms with E-state index in [-0.39, 0.29) is 17.0 Å². The molecule has 1 heterocycles. The second-order valence-corrected chi connectivity index (χ2v) is 6.29. The van der Waals surface area contributed by atoms with E-state index in [9.17, 15) is 8.42 Å². The Labute approximate surface area is 108 Å². The molecule has 0 saturated heterocycles. The van der Waals surface area contributed by atoms with Crippen LogP contribution in [0.25, 0.3) is 0 Å². The summed E-state index contributed by atoms with van der Waals surface area (Å²) < 4.78 is 33.3. The SMILES string of the molecule is CC(C)OC1=NS(=O)(=O)c2cc(Br)ccc2N1. The summed E-state index contributed by atoms with van der Waals surface area (Å²) in [7, 11) is -3.69. The molecule has 92 valence electrons. The third-order valence-corrected chi connectivity index (χ3v) is 3.81. The number of nitrogens with zero attached hydrogens (tertiary/aromatic N) is 1. The molecule has 1 aromatic carbocycles. The lowest BCUT2D eigenvalue weighted by Gasteiger charge is -2.19. The van der Waals surface area contributed by atoms with E-state index in [0.717, 1.165) is 0 Å². The van der Waals surface area contributed by atoms with Gasteiger partial charge in [0.1, 0.15) is 4.90 Å². The van der Waals surface area contributed by atoms with Crippen LogP contribution in [0.4, 0.5) is 5.69 Å². The number of sulfonamides is 1. The first-order chi connectivity index (χ1) is 7.88. The third-order valence-electron chi connectivity index (χ3n) is 2.01. The van der Waals surface area contributed by atoms with E-state index in [0.29, 0.717) is 10.2 Å². The van der Waals surface area contributed by atoms with Crippen molar-refractivity contribution in [1.82, 2.24) is 0 Å². The first-order valence-electron chi connectivity index (χ1n) is 4.97. The van der Waals surface area contributed by atoms with Gasteiger partial charge in [0, 0.05) is 4.47 Å². The highest BCUT2D eigenvalue weighted by Crippen LogP contribution is 2.30. The van der Waals surface area contributed by atoms with Gasteiger partial charge in [0.25, 0.3) is 10.0 Å². The van der Waals surface area contributed by atoms with Gasteiger partial charge in [0.2, 0.25) is 0 Å². The molecule has 0 bridgehead atoms. The first kappa shape index (κ1) is 12.4. The fourth-order valence-electron chi connectivity index (χ4n) is 1.38. The Balaban J connectivity index is 2.47. The number of rotatable bonds is 1. The van der Waals surface area contributed by atoms with E-state index < -0.39 is 10.0 Å². The first-order valence-corrected chi connectivity index (χ1v) is 7.20. The topological polar surface area (TPSA) is 67.8 Å². The minimum atomic E-state index is -3.69. The summed E-state index contributed by atoms with van der Waals surface area (Å²) in [4.78, 5) is 0.142. The number of benzene rings is 1. The predicted octanol–water partition coefficient (Wildman–Crippen LogP) is 2.34. The average Bonchev–Trinajstić information content (AvgIpc) is 2.17. The number of hydrogen-bond acceptors (Lipinski definition) is 4. The molecule has 1 aromatic rings. The van der Waals surface area contributed by atoms with Crippen molar-refractivity contribution >= 4 is 37.7 Å². The lowest BCUT2D eigenvalue weighted by molar-refractivity contribution is 0.228. The van der Waals surface area contributed by atoms with Crippen molar-refractivity contribution in [1.29, 1.82) is 0 Å². The minimum Gasteiger partial charge on any atom is -0.462 e. The molecule has 0 amide bonds. The van der Waals surface area contributed by atoms with Crippen LogP contribution in [-0.4, -0.2) is 20.5 Å². The van der Waals surface area contributed by atoms with Gasteiger partial charge in [-0.05, 0) is 32.0 Å². The summed E-state index contributed by atoms with van der Waals surface area (Å²) in [6.07, 6.45) is -0.145. The third kappa shape index (κ3) is 2.61. The molecule has 0 aliphatic carbocycles. The van der Waals surface area contributed by atoms with E-state index in [2.05, 4.69) is 25.6 Å². The van der Waals surface area contributed by atoms with Crippen molar-refractivity contribution in [2.24, 2.45) is 4.40 Å². The number of fused-ring (bicyclic) bond motifs is 1. The van der Waals surface area contributed by atoms with Crippen LogP contribution >= 0.6 is 15.9 Å². The smallest absolute Gasteiger partial charge is 0.305 e. The quantitative estimate of drug-likeness (QED) is 0.863. The van der Waals surface area contributed by atoms with Crippen molar-refractivity contribution in [3.8, 4) is 0 Å². The highest BCUT2D eigenvalue weighted by atomic mass is 79.9. The molecular formula is C10H11BrN2O3S.